The van der Waals surface area contributed by atoms with Gasteiger partial charge < -0.3 is 19.7 Å². The summed E-state index contributed by atoms with van der Waals surface area (Å²) in [5.41, 5.74) is 1.04. The number of hydrogen-bond donors (Lipinski definition) is 1. The van der Waals surface area contributed by atoms with E-state index in [0.29, 0.717) is 37.2 Å². The number of rotatable bonds is 7. The van der Waals surface area contributed by atoms with Crippen LogP contribution in [0.5, 0.6) is 11.5 Å². The minimum absolute atomic E-state index is 0. The highest BCUT2D eigenvalue weighted by Gasteiger charge is 2.23. The van der Waals surface area contributed by atoms with E-state index in [1.165, 1.54) is 0 Å². The highest BCUT2D eigenvalue weighted by molar-refractivity contribution is 5.85. The fourth-order valence-corrected chi connectivity index (χ4v) is 2.97. The third-order valence-corrected chi connectivity index (χ3v) is 4.53. The van der Waals surface area contributed by atoms with Crippen molar-refractivity contribution in [3.8, 4) is 11.5 Å². The van der Waals surface area contributed by atoms with Crippen LogP contribution in [-0.2, 0) is 11.3 Å². The third kappa shape index (κ3) is 5.76. The van der Waals surface area contributed by atoms with Crippen LogP contribution in [0.4, 0.5) is 0 Å². The van der Waals surface area contributed by atoms with Gasteiger partial charge in [0.05, 0.1) is 20.8 Å². The number of carbonyl (C=O) groups excluding carboxylic acids is 1. The van der Waals surface area contributed by atoms with Gasteiger partial charge in [-0.05, 0) is 31.5 Å². The van der Waals surface area contributed by atoms with Crippen LogP contribution in [0.3, 0.4) is 0 Å². The lowest BCUT2D eigenvalue weighted by Crippen LogP contribution is -2.53. The Morgan fingerprint density at radius 1 is 1.32 bits per heavy atom. The first kappa shape index (κ1) is 21.5. The second-order valence-electron chi connectivity index (χ2n) is 6.12. The fraction of sp³-hybridized carbons (Fsp3) is 0.611. The van der Waals surface area contributed by atoms with E-state index in [2.05, 4.69) is 17.1 Å². The van der Waals surface area contributed by atoms with Gasteiger partial charge in [-0.15, -0.1) is 12.4 Å². The molecule has 1 saturated heterocycles. The smallest absolute Gasteiger partial charge is 0.237 e. The number of benzene rings is 1. The maximum Gasteiger partial charge on any atom is 0.237 e. The Morgan fingerprint density at radius 3 is 2.64 bits per heavy atom. The zero-order chi connectivity index (χ0) is 17.5. The summed E-state index contributed by atoms with van der Waals surface area (Å²) in [6, 6.07) is 6.18. The summed E-state index contributed by atoms with van der Waals surface area (Å²) in [4.78, 5) is 16.8. The summed E-state index contributed by atoms with van der Waals surface area (Å²) in [5.74, 6) is 1.56. The lowest BCUT2D eigenvalue weighted by Gasteiger charge is -2.34. The van der Waals surface area contributed by atoms with E-state index >= 15 is 0 Å². The number of hydrogen-bond acceptors (Lipinski definition) is 5. The summed E-state index contributed by atoms with van der Waals surface area (Å²) in [7, 11) is 3.24. The van der Waals surface area contributed by atoms with Crippen LogP contribution >= 0.6 is 12.4 Å². The molecule has 1 aliphatic rings. The Balaban J connectivity index is 0.00000312. The van der Waals surface area contributed by atoms with Crippen molar-refractivity contribution in [1.29, 1.82) is 0 Å². The molecule has 1 atom stereocenters. The summed E-state index contributed by atoms with van der Waals surface area (Å²) < 4.78 is 10.6. The molecule has 6 nitrogen and oxygen atoms in total. The molecule has 7 heteroatoms. The lowest BCUT2D eigenvalue weighted by atomic mass is 10.1. The number of methoxy groups -OCH3 is 2. The van der Waals surface area contributed by atoms with Crippen LogP contribution in [0.2, 0.25) is 0 Å². The molecule has 25 heavy (non-hydrogen) atoms. The fourth-order valence-electron chi connectivity index (χ4n) is 2.97. The molecule has 0 saturated carbocycles. The molecular weight excluding hydrogens is 342 g/mol. The van der Waals surface area contributed by atoms with Crippen LogP contribution in [-0.4, -0.2) is 68.7 Å². The van der Waals surface area contributed by atoms with E-state index in [9.17, 15) is 4.79 Å². The first-order valence-electron chi connectivity index (χ1n) is 8.52. The molecule has 0 aliphatic carbocycles. The number of ether oxygens (including phenoxy) is 2. The summed E-state index contributed by atoms with van der Waals surface area (Å²) >= 11 is 0. The Bertz CT molecular complexity index is 556. The Morgan fingerprint density at radius 2 is 2.04 bits per heavy atom. The quantitative estimate of drug-likeness (QED) is 0.791. The molecule has 1 amide bonds. The predicted octanol–water partition coefficient (Wildman–Crippen LogP) is 1.77. The van der Waals surface area contributed by atoms with Crippen molar-refractivity contribution < 1.29 is 14.3 Å². The SMILES string of the molecule is CCN(Cc1ccc(OC)c(OC)c1)C(=O)CN1CCNC[C@H]1C.Cl. The molecule has 0 bridgehead atoms. The maximum atomic E-state index is 12.7. The molecule has 1 fully saturated rings. The summed E-state index contributed by atoms with van der Waals surface area (Å²) in [5, 5.41) is 3.35. The number of nitrogens with one attached hydrogen (secondary N) is 1. The highest BCUT2D eigenvalue weighted by atomic mass is 35.5. The zero-order valence-electron chi connectivity index (χ0n) is 15.6. The normalized spacial score (nSPS) is 17.5. The molecule has 2 rings (SSSR count). The molecule has 1 aliphatic heterocycles. The second kappa shape index (κ2) is 10.5. The average molecular weight is 372 g/mol. The molecular formula is C18H30ClN3O3. The first-order chi connectivity index (χ1) is 11.6. The molecule has 1 aromatic rings. The van der Waals surface area contributed by atoms with Crippen LogP contribution < -0.4 is 14.8 Å². The van der Waals surface area contributed by atoms with E-state index in [-0.39, 0.29) is 18.3 Å². The van der Waals surface area contributed by atoms with Crippen molar-refractivity contribution in [1.82, 2.24) is 15.1 Å². The number of amides is 1. The van der Waals surface area contributed by atoms with Gasteiger partial charge in [-0.3, -0.25) is 9.69 Å². The Kier molecular flexibility index (Phi) is 9.03. The molecule has 1 heterocycles. The van der Waals surface area contributed by atoms with Crippen molar-refractivity contribution in [3.63, 3.8) is 0 Å². The van der Waals surface area contributed by atoms with E-state index in [1.807, 2.05) is 30.0 Å². The first-order valence-corrected chi connectivity index (χ1v) is 8.52. The highest BCUT2D eigenvalue weighted by Crippen LogP contribution is 2.28. The van der Waals surface area contributed by atoms with Gasteiger partial charge in [0.1, 0.15) is 0 Å². The van der Waals surface area contributed by atoms with E-state index in [0.717, 1.165) is 25.2 Å². The maximum absolute atomic E-state index is 12.7. The van der Waals surface area contributed by atoms with Crippen LogP contribution in [0.15, 0.2) is 18.2 Å². The zero-order valence-corrected chi connectivity index (χ0v) is 16.4. The summed E-state index contributed by atoms with van der Waals surface area (Å²) in [6.45, 7) is 8.72. The van der Waals surface area contributed by atoms with E-state index in [1.54, 1.807) is 14.2 Å². The number of likely N-dealkylation sites (N-methyl/N-ethyl adjacent to an activating group) is 1. The largest absolute Gasteiger partial charge is 0.493 e. The molecule has 1 N–H and O–H groups in total. The van der Waals surface area contributed by atoms with Crippen LogP contribution in [0.25, 0.3) is 0 Å². The van der Waals surface area contributed by atoms with Gasteiger partial charge in [-0.25, -0.2) is 0 Å². The number of halogens is 1. The van der Waals surface area contributed by atoms with Crippen molar-refractivity contribution in [2.45, 2.75) is 26.4 Å². The Hall–Kier alpha value is -1.50. The molecule has 0 unspecified atom stereocenters. The van der Waals surface area contributed by atoms with Gasteiger partial charge in [-0.2, -0.15) is 0 Å². The van der Waals surface area contributed by atoms with Crippen molar-refractivity contribution in [3.05, 3.63) is 23.8 Å². The van der Waals surface area contributed by atoms with E-state index in [4.69, 9.17) is 9.47 Å². The number of piperazine rings is 1. The monoisotopic (exact) mass is 371 g/mol. The molecule has 1 aromatic carbocycles. The molecule has 0 radical (unpaired) electrons. The second-order valence-corrected chi connectivity index (χ2v) is 6.12. The van der Waals surface area contributed by atoms with E-state index < -0.39 is 0 Å². The molecule has 142 valence electrons. The van der Waals surface area contributed by atoms with Crippen molar-refractivity contribution in [2.24, 2.45) is 0 Å². The van der Waals surface area contributed by atoms with Gasteiger partial charge in [0.25, 0.3) is 0 Å². The standard InChI is InChI=1S/C18H29N3O3.ClH/c1-5-20(18(22)13-21-9-8-19-11-14(21)2)12-15-6-7-16(23-3)17(10-15)24-4;/h6-7,10,14,19H,5,8-9,11-13H2,1-4H3;1H/t14-;/m1./s1. The van der Waals surface area contributed by atoms with Gasteiger partial charge in [0.2, 0.25) is 5.91 Å². The predicted molar refractivity (Wildman–Crippen MR) is 102 cm³/mol. The van der Waals surface area contributed by atoms with Gasteiger partial charge in [-0.1, -0.05) is 6.07 Å². The van der Waals surface area contributed by atoms with Gasteiger partial charge in [0.15, 0.2) is 11.5 Å². The minimum Gasteiger partial charge on any atom is -0.493 e. The lowest BCUT2D eigenvalue weighted by molar-refractivity contribution is -0.133. The topological polar surface area (TPSA) is 54.0 Å². The van der Waals surface area contributed by atoms with Crippen molar-refractivity contribution >= 4 is 18.3 Å². The third-order valence-electron chi connectivity index (χ3n) is 4.53. The number of carbonyl (C=O) groups is 1. The molecule has 0 spiro atoms. The minimum atomic E-state index is 0. The summed E-state index contributed by atoms with van der Waals surface area (Å²) in [6.07, 6.45) is 0. The van der Waals surface area contributed by atoms with Crippen LogP contribution in [0, 0.1) is 0 Å². The van der Waals surface area contributed by atoms with Crippen LogP contribution in [0.1, 0.15) is 19.4 Å². The average Bonchev–Trinajstić information content (AvgIpc) is 2.61. The molecule has 0 aromatic heterocycles. The Labute approximate surface area is 156 Å². The number of nitrogens with zero attached hydrogens (tertiary/aromatic N) is 2. The van der Waals surface area contributed by atoms with Crippen molar-refractivity contribution in [2.75, 3.05) is 46.9 Å². The van der Waals surface area contributed by atoms with Gasteiger partial charge in [0, 0.05) is 38.8 Å². The van der Waals surface area contributed by atoms with Gasteiger partial charge >= 0.3 is 0 Å².